The lowest BCUT2D eigenvalue weighted by atomic mass is 9.96. The van der Waals surface area contributed by atoms with E-state index >= 15 is 0 Å². The van der Waals surface area contributed by atoms with Crippen LogP contribution in [0.2, 0.25) is 0 Å². The summed E-state index contributed by atoms with van der Waals surface area (Å²) >= 11 is 0. The molecule has 0 aromatic rings. The van der Waals surface area contributed by atoms with Crippen molar-refractivity contribution < 1.29 is 14.4 Å². The second-order valence-corrected chi connectivity index (χ2v) is 6.52. The predicted molar refractivity (Wildman–Crippen MR) is 86.8 cm³/mol. The summed E-state index contributed by atoms with van der Waals surface area (Å²) < 4.78 is 0. The molecule has 1 unspecified atom stereocenters. The SMILES string of the molecule is CC(=O)N1CCN(C(C)C(=O)NC(=O)NC2CCCCC2)CC1. The van der Waals surface area contributed by atoms with Crippen molar-refractivity contribution in [2.45, 2.75) is 58.0 Å². The van der Waals surface area contributed by atoms with Gasteiger partial charge in [-0.25, -0.2) is 4.79 Å². The fourth-order valence-electron chi connectivity index (χ4n) is 3.27. The molecule has 1 saturated heterocycles. The minimum absolute atomic E-state index is 0.0635. The zero-order valence-electron chi connectivity index (χ0n) is 14.1. The number of nitrogens with one attached hydrogen (secondary N) is 2. The van der Waals surface area contributed by atoms with E-state index in [0.717, 1.165) is 25.7 Å². The van der Waals surface area contributed by atoms with Gasteiger partial charge in [0.2, 0.25) is 11.8 Å². The third kappa shape index (κ3) is 5.20. The molecule has 2 rings (SSSR count). The lowest BCUT2D eigenvalue weighted by molar-refractivity contribution is -0.132. The van der Waals surface area contributed by atoms with E-state index in [0.29, 0.717) is 26.2 Å². The average molecular weight is 324 g/mol. The van der Waals surface area contributed by atoms with Crippen LogP contribution in [0.25, 0.3) is 0 Å². The van der Waals surface area contributed by atoms with Crippen molar-refractivity contribution in [3.8, 4) is 0 Å². The van der Waals surface area contributed by atoms with Gasteiger partial charge < -0.3 is 10.2 Å². The Bertz CT molecular complexity index is 441. The molecule has 0 aromatic carbocycles. The van der Waals surface area contributed by atoms with E-state index in [1.54, 1.807) is 18.7 Å². The lowest BCUT2D eigenvalue weighted by Gasteiger charge is -2.36. The van der Waals surface area contributed by atoms with Gasteiger partial charge in [0.15, 0.2) is 0 Å². The summed E-state index contributed by atoms with van der Waals surface area (Å²) in [7, 11) is 0. The number of piperazine rings is 1. The van der Waals surface area contributed by atoms with Gasteiger partial charge in [-0.15, -0.1) is 0 Å². The number of carbonyl (C=O) groups is 3. The van der Waals surface area contributed by atoms with Crippen LogP contribution in [-0.2, 0) is 9.59 Å². The summed E-state index contributed by atoms with van der Waals surface area (Å²) in [5.41, 5.74) is 0. The van der Waals surface area contributed by atoms with Crippen molar-refractivity contribution >= 4 is 17.8 Å². The quantitative estimate of drug-likeness (QED) is 0.800. The molecular weight excluding hydrogens is 296 g/mol. The van der Waals surface area contributed by atoms with E-state index in [-0.39, 0.29) is 23.9 Å². The Morgan fingerprint density at radius 2 is 1.61 bits per heavy atom. The Morgan fingerprint density at radius 3 is 2.17 bits per heavy atom. The molecule has 4 amide bonds. The molecule has 2 aliphatic rings. The van der Waals surface area contributed by atoms with Crippen molar-refractivity contribution in [3.63, 3.8) is 0 Å². The fraction of sp³-hybridized carbons (Fsp3) is 0.812. The molecular formula is C16H28N4O3. The fourth-order valence-corrected chi connectivity index (χ4v) is 3.27. The van der Waals surface area contributed by atoms with Gasteiger partial charge >= 0.3 is 6.03 Å². The smallest absolute Gasteiger partial charge is 0.321 e. The second kappa shape index (κ2) is 8.29. The minimum Gasteiger partial charge on any atom is -0.340 e. The Hall–Kier alpha value is -1.63. The maximum atomic E-state index is 12.2. The van der Waals surface area contributed by atoms with Gasteiger partial charge in [-0.1, -0.05) is 19.3 Å². The van der Waals surface area contributed by atoms with Gasteiger partial charge in [0.25, 0.3) is 0 Å². The van der Waals surface area contributed by atoms with Crippen molar-refractivity contribution in [1.29, 1.82) is 0 Å². The van der Waals surface area contributed by atoms with Crippen LogP contribution in [0.3, 0.4) is 0 Å². The van der Waals surface area contributed by atoms with Crippen LogP contribution in [-0.4, -0.2) is 65.9 Å². The van der Waals surface area contributed by atoms with Gasteiger partial charge in [0, 0.05) is 39.1 Å². The van der Waals surface area contributed by atoms with Crippen LogP contribution < -0.4 is 10.6 Å². The Morgan fingerprint density at radius 1 is 1.00 bits per heavy atom. The summed E-state index contributed by atoms with van der Waals surface area (Å²) in [5.74, 6) is -0.219. The zero-order chi connectivity index (χ0) is 16.8. The van der Waals surface area contributed by atoms with Crippen LogP contribution in [0.1, 0.15) is 46.0 Å². The summed E-state index contributed by atoms with van der Waals surface area (Å²) in [6.07, 6.45) is 5.47. The summed E-state index contributed by atoms with van der Waals surface area (Å²) in [6, 6.07) is -0.580. The number of hydrogen-bond donors (Lipinski definition) is 2. The molecule has 7 heteroatoms. The number of urea groups is 1. The maximum Gasteiger partial charge on any atom is 0.321 e. The van der Waals surface area contributed by atoms with Gasteiger partial charge in [0.05, 0.1) is 6.04 Å². The first kappa shape index (κ1) is 17.7. The van der Waals surface area contributed by atoms with Crippen LogP contribution >= 0.6 is 0 Å². The molecule has 1 heterocycles. The molecule has 7 nitrogen and oxygen atoms in total. The molecule has 0 spiro atoms. The van der Waals surface area contributed by atoms with Gasteiger partial charge in [-0.2, -0.15) is 0 Å². The molecule has 0 bridgehead atoms. The molecule has 1 aliphatic carbocycles. The molecule has 1 atom stereocenters. The van der Waals surface area contributed by atoms with E-state index in [2.05, 4.69) is 10.6 Å². The van der Waals surface area contributed by atoms with E-state index in [9.17, 15) is 14.4 Å². The first-order valence-electron chi connectivity index (χ1n) is 8.58. The van der Waals surface area contributed by atoms with E-state index < -0.39 is 6.03 Å². The molecule has 23 heavy (non-hydrogen) atoms. The normalized spacial score (nSPS) is 21.6. The monoisotopic (exact) mass is 324 g/mol. The third-order valence-electron chi connectivity index (χ3n) is 4.86. The second-order valence-electron chi connectivity index (χ2n) is 6.52. The Balaban J connectivity index is 1.74. The van der Waals surface area contributed by atoms with Crippen LogP contribution in [0, 0.1) is 0 Å². The highest BCUT2D eigenvalue weighted by molar-refractivity contribution is 5.96. The van der Waals surface area contributed by atoms with Crippen LogP contribution in [0.15, 0.2) is 0 Å². The maximum absolute atomic E-state index is 12.2. The zero-order valence-corrected chi connectivity index (χ0v) is 14.1. The number of amides is 4. The average Bonchev–Trinajstić information content (AvgIpc) is 2.55. The van der Waals surface area contributed by atoms with Crippen molar-refractivity contribution in [1.82, 2.24) is 20.4 Å². The van der Waals surface area contributed by atoms with Crippen molar-refractivity contribution in [2.24, 2.45) is 0 Å². The highest BCUT2D eigenvalue weighted by Crippen LogP contribution is 2.17. The topological polar surface area (TPSA) is 81.8 Å². The first-order valence-corrected chi connectivity index (χ1v) is 8.58. The molecule has 2 fully saturated rings. The molecule has 1 aliphatic heterocycles. The number of carbonyl (C=O) groups excluding carboxylic acids is 3. The molecule has 1 saturated carbocycles. The van der Waals surface area contributed by atoms with Crippen molar-refractivity contribution in [3.05, 3.63) is 0 Å². The molecule has 0 radical (unpaired) electrons. The third-order valence-corrected chi connectivity index (χ3v) is 4.86. The Kier molecular flexibility index (Phi) is 6.38. The highest BCUT2D eigenvalue weighted by atomic mass is 16.2. The van der Waals surface area contributed by atoms with E-state index in [1.807, 2.05) is 4.90 Å². The number of nitrogens with zero attached hydrogens (tertiary/aromatic N) is 2. The largest absolute Gasteiger partial charge is 0.340 e. The summed E-state index contributed by atoms with van der Waals surface area (Å²) in [4.78, 5) is 39.2. The highest BCUT2D eigenvalue weighted by Gasteiger charge is 2.27. The minimum atomic E-state index is -0.392. The number of imide groups is 1. The van der Waals surface area contributed by atoms with Crippen LogP contribution in [0.5, 0.6) is 0 Å². The first-order chi connectivity index (χ1) is 11.0. The predicted octanol–water partition coefficient (Wildman–Crippen LogP) is 0.698. The van der Waals surface area contributed by atoms with Gasteiger partial charge in [-0.05, 0) is 19.8 Å². The van der Waals surface area contributed by atoms with Crippen LogP contribution in [0.4, 0.5) is 4.79 Å². The number of hydrogen-bond acceptors (Lipinski definition) is 4. The van der Waals surface area contributed by atoms with Gasteiger partial charge in [-0.3, -0.25) is 19.8 Å². The standard InChI is InChI=1S/C16H28N4O3/c1-12(19-8-10-20(11-9-19)13(2)21)15(22)18-16(23)17-14-6-4-3-5-7-14/h12,14H,3-11H2,1-2H3,(H2,17,18,22,23). The van der Waals surface area contributed by atoms with Crippen molar-refractivity contribution in [2.75, 3.05) is 26.2 Å². The lowest BCUT2D eigenvalue weighted by Crippen LogP contribution is -2.56. The van der Waals surface area contributed by atoms with Gasteiger partial charge in [0.1, 0.15) is 0 Å². The van der Waals surface area contributed by atoms with E-state index in [4.69, 9.17) is 0 Å². The summed E-state index contributed by atoms with van der Waals surface area (Å²) in [5, 5.41) is 5.33. The molecule has 2 N–H and O–H groups in total. The Labute approximate surface area is 137 Å². The van der Waals surface area contributed by atoms with E-state index in [1.165, 1.54) is 6.42 Å². The molecule has 130 valence electrons. The molecule has 0 aromatic heterocycles. The summed E-state index contributed by atoms with van der Waals surface area (Å²) in [6.45, 7) is 5.91. The number of rotatable bonds is 3.